The summed E-state index contributed by atoms with van der Waals surface area (Å²) in [6, 6.07) is 0.271. The Labute approximate surface area is 94.6 Å². The van der Waals surface area contributed by atoms with Crippen LogP contribution >= 0.6 is 0 Å². The highest BCUT2D eigenvalue weighted by atomic mass is 16.5. The molecule has 88 valence electrons. The van der Waals surface area contributed by atoms with E-state index in [0.717, 1.165) is 36.5 Å². The molecule has 0 saturated carbocycles. The number of hydrogen-bond acceptors (Lipinski definition) is 4. The maximum atomic E-state index is 11.8. The predicted octanol–water partition coefficient (Wildman–Crippen LogP) is 0.312. The van der Waals surface area contributed by atoms with Gasteiger partial charge in [-0.05, 0) is 26.8 Å². The van der Waals surface area contributed by atoms with Gasteiger partial charge in [-0.3, -0.25) is 4.79 Å². The van der Waals surface area contributed by atoms with Gasteiger partial charge in [-0.15, -0.1) is 0 Å². The standard InChI is InChI=1S/C11H17N3O2/c1-7-10(8(2)16-14-7)5-11(15)13-9-3-4-12-6-9/h9,12H,3-6H2,1-2H3,(H,13,15). The molecule has 1 atom stereocenters. The summed E-state index contributed by atoms with van der Waals surface area (Å²) in [4.78, 5) is 11.8. The molecule has 1 aliphatic heterocycles. The van der Waals surface area contributed by atoms with Crippen molar-refractivity contribution in [3.8, 4) is 0 Å². The van der Waals surface area contributed by atoms with Gasteiger partial charge in [0.1, 0.15) is 5.76 Å². The van der Waals surface area contributed by atoms with Gasteiger partial charge in [0.15, 0.2) is 0 Å². The summed E-state index contributed by atoms with van der Waals surface area (Å²) in [6.45, 7) is 5.54. The van der Waals surface area contributed by atoms with E-state index < -0.39 is 0 Å². The van der Waals surface area contributed by atoms with Crippen LogP contribution in [0.5, 0.6) is 0 Å². The molecule has 1 aliphatic rings. The topological polar surface area (TPSA) is 67.2 Å². The van der Waals surface area contributed by atoms with Crippen LogP contribution < -0.4 is 10.6 Å². The first-order valence-electron chi connectivity index (χ1n) is 5.58. The molecule has 2 N–H and O–H groups in total. The number of rotatable bonds is 3. The number of amides is 1. The van der Waals surface area contributed by atoms with Gasteiger partial charge in [0.25, 0.3) is 0 Å². The van der Waals surface area contributed by atoms with Gasteiger partial charge in [0, 0.05) is 18.2 Å². The second kappa shape index (κ2) is 4.65. The average Bonchev–Trinajstić information content (AvgIpc) is 2.83. The Kier molecular flexibility index (Phi) is 3.24. The highest BCUT2D eigenvalue weighted by Crippen LogP contribution is 2.12. The fraction of sp³-hybridized carbons (Fsp3) is 0.636. The lowest BCUT2D eigenvalue weighted by atomic mass is 10.1. The second-order valence-corrected chi connectivity index (χ2v) is 4.24. The molecule has 0 spiro atoms. The average molecular weight is 223 g/mol. The van der Waals surface area contributed by atoms with Crippen molar-refractivity contribution < 1.29 is 9.32 Å². The Morgan fingerprint density at radius 3 is 3.00 bits per heavy atom. The van der Waals surface area contributed by atoms with E-state index in [-0.39, 0.29) is 11.9 Å². The molecule has 1 aromatic rings. The molecular formula is C11H17N3O2. The maximum Gasteiger partial charge on any atom is 0.224 e. The molecule has 5 heteroatoms. The summed E-state index contributed by atoms with van der Waals surface area (Å²) in [7, 11) is 0. The van der Waals surface area contributed by atoms with E-state index in [0.29, 0.717) is 6.42 Å². The summed E-state index contributed by atoms with van der Waals surface area (Å²) in [6.07, 6.45) is 1.37. The Balaban J connectivity index is 1.91. The SMILES string of the molecule is Cc1noc(C)c1CC(=O)NC1CCNC1. The number of aryl methyl sites for hydroxylation is 2. The van der Waals surface area contributed by atoms with Crippen molar-refractivity contribution in [1.82, 2.24) is 15.8 Å². The van der Waals surface area contributed by atoms with Gasteiger partial charge in [-0.25, -0.2) is 0 Å². The van der Waals surface area contributed by atoms with Gasteiger partial charge in [-0.1, -0.05) is 5.16 Å². The molecule has 1 aromatic heterocycles. The summed E-state index contributed by atoms with van der Waals surface area (Å²) < 4.78 is 5.02. The number of aromatic nitrogens is 1. The minimum absolute atomic E-state index is 0.0445. The van der Waals surface area contributed by atoms with E-state index in [1.807, 2.05) is 13.8 Å². The van der Waals surface area contributed by atoms with Gasteiger partial charge in [0.2, 0.25) is 5.91 Å². The highest BCUT2D eigenvalue weighted by Gasteiger charge is 2.19. The van der Waals surface area contributed by atoms with Gasteiger partial charge in [-0.2, -0.15) is 0 Å². The van der Waals surface area contributed by atoms with E-state index in [1.54, 1.807) is 0 Å². The summed E-state index contributed by atoms with van der Waals surface area (Å²) in [5.74, 6) is 0.778. The third-order valence-electron chi connectivity index (χ3n) is 2.94. The van der Waals surface area contributed by atoms with Crippen molar-refractivity contribution in [3.05, 3.63) is 17.0 Å². The van der Waals surface area contributed by atoms with Gasteiger partial charge in [0.05, 0.1) is 12.1 Å². The zero-order valence-electron chi connectivity index (χ0n) is 9.67. The third kappa shape index (κ3) is 2.41. The van der Waals surface area contributed by atoms with E-state index in [4.69, 9.17) is 4.52 Å². The second-order valence-electron chi connectivity index (χ2n) is 4.24. The Hall–Kier alpha value is -1.36. The molecule has 0 radical (unpaired) electrons. The van der Waals surface area contributed by atoms with E-state index in [2.05, 4.69) is 15.8 Å². The zero-order chi connectivity index (χ0) is 11.5. The van der Waals surface area contributed by atoms with Crippen molar-refractivity contribution in [2.75, 3.05) is 13.1 Å². The highest BCUT2D eigenvalue weighted by molar-refractivity contribution is 5.79. The minimum atomic E-state index is 0.0445. The molecule has 0 aliphatic carbocycles. The first-order chi connectivity index (χ1) is 7.66. The molecular weight excluding hydrogens is 206 g/mol. The summed E-state index contributed by atoms with van der Waals surface area (Å²) in [5, 5.41) is 10.0. The Morgan fingerprint density at radius 2 is 2.44 bits per heavy atom. The van der Waals surface area contributed by atoms with E-state index in [9.17, 15) is 4.79 Å². The van der Waals surface area contributed by atoms with E-state index in [1.165, 1.54) is 0 Å². The lowest BCUT2D eigenvalue weighted by Gasteiger charge is -2.10. The molecule has 2 rings (SSSR count). The molecule has 0 bridgehead atoms. The van der Waals surface area contributed by atoms with Crippen LogP contribution in [0.2, 0.25) is 0 Å². The first-order valence-corrected chi connectivity index (χ1v) is 5.58. The summed E-state index contributed by atoms with van der Waals surface area (Å²) >= 11 is 0. The van der Waals surface area contributed by atoms with Crippen molar-refractivity contribution in [1.29, 1.82) is 0 Å². The van der Waals surface area contributed by atoms with Crippen LogP contribution in [-0.4, -0.2) is 30.2 Å². The fourth-order valence-corrected chi connectivity index (χ4v) is 1.97. The molecule has 16 heavy (non-hydrogen) atoms. The zero-order valence-corrected chi connectivity index (χ0v) is 9.67. The monoisotopic (exact) mass is 223 g/mol. The molecule has 2 heterocycles. The van der Waals surface area contributed by atoms with Gasteiger partial charge >= 0.3 is 0 Å². The smallest absolute Gasteiger partial charge is 0.224 e. The van der Waals surface area contributed by atoms with Crippen LogP contribution in [0.3, 0.4) is 0 Å². The summed E-state index contributed by atoms with van der Waals surface area (Å²) in [5.41, 5.74) is 1.71. The Bertz CT molecular complexity index is 361. The maximum absolute atomic E-state index is 11.8. The molecule has 1 unspecified atom stereocenters. The lowest BCUT2D eigenvalue weighted by molar-refractivity contribution is -0.121. The number of nitrogens with zero attached hydrogens (tertiary/aromatic N) is 1. The van der Waals surface area contributed by atoms with Crippen molar-refractivity contribution in [2.24, 2.45) is 0 Å². The molecule has 0 aromatic carbocycles. The van der Waals surface area contributed by atoms with Crippen LogP contribution in [0, 0.1) is 13.8 Å². The predicted molar refractivity (Wildman–Crippen MR) is 59.1 cm³/mol. The fourth-order valence-electron chi connectivity index (χ4n) is 1.97. The Morgan fingerprint density at radius 1 is 1.62 bits per heavy atom. The molecule has 1 saturated heterocycles. The number of carbonyl (C=O) groups is 1. The quantitative estimate of drug-likeness (QED) is 0.774. The van der Waals surface area contributed by atoms with E-state index >= 15 is 0 Å². The normalized spacial score (nSPS) is 20.0. The lowest BCUT2D eigenvalue weighted by Crippen LogP contribution is -2.37. The van der Waals surface area contributed by atoms with Crippen LogP contribution in [0.15, 0.2) is 4.52 Å². The number of nitrogens with one attached hydrogen (secondary N) is 2. The van der Waals surface area contributed by atoms with Crippen LogP contribution in [-0.2, 0) is 11.2 Å². The van der Waals surface area contributed by atoms with Crippen LogP contribution in [0.4, 0.5) is 0 Å². The van der Waals surface area contributed by atoms with Crippen molar-refractivity contribution >= 4 is 5.91 Å². The van der Waals surface area contributed by atoms with Crippen LogP contribution in [0.25, 0.3) is 0 Å². The minimum Gasteiger partial charge on any atom is -0.361 e. The molecule has 1 fully saturated rings. The molecule has 5 nitrogen and oxygen atoms in total. The van der Waals surface area contributed by atoms with Crippen molar-refractivity contribution in [3.63, 3.8) is 0 Å². The van der Waals surface area contributed by atoms with Crippen LogP contribution in [0.1, 0.15) is 23.4 Å². The number of hydrogen-bond donors (Lipinski definition) is 2. The largest absolute Gasteiger partial charge is 0.361 e. The molecule has 1 amide bonds. The first kappa shape index (κ1) is 11.1. The van der Waals surface area contributed by atoms with Gasteiger partial charge < -0.3 is 15.2 Å². The van der Waals surface area contributed by atoms with Crippen molar-refractivity contribution in [2.45, 2.75) is 32.7 Å². The number of carbonyl (C=O) groups excluding carboxylic acids is 1. The third-order valence-corrected chi connectivity index (χ3v) is 2.94.